The minimum absolute atomic E-state index is 0.148. The van der Waals surface area contributed by atoms with Crippen molar-refractivity contribution in [2.24, 2.45) is 0 Å². The molecule has 14 heavy (non-hydrogen) atoms. The number of aromatic hydroxyl groups is 1. The summed E-state index contributed by atoms with van der Waals surface area (Å²) in [6, 6.07) is 8.45. The molecule has 0 saturated carbocycles. The van der Waals surface area contributed by atoms with Crippen LogP contribution in [0.4, 0.5) is 0 Å². The Bertz CT molecular complexity index is 459. The quantitative estimate of drug-likeness (QED) is 0.730. The summed E-state index contributed by atoms with van der Waals surface area (Å²) >= 11 is 5.71. The topological polar surface area (TPSA) is 46.0 Å². The summed E-state index contributed by atoms with van der Waals surface area (Å²) in [4.78, 5) is 8.01. The molecular formula is C10H7ClN2O. The third-order valence-electron chi connectivity index (χ3n) is 1.77. The van der Waals surface area contributed by atoms with Crippen LogP contribution in [0.15, 0.2) is 36.5 Å². The fourth-order valence-electron chi connectivity index (χ4n) is 1.13. The summed E-state index contributed by atoms with van der Waals surface area (Å²) in [5.41, 5.74) is 0.579. The molecule has 0 fully saturated rings. The maximum atomic E-state index is 9.53. The van der Waals surface area contributed by atoms with Gasteiger partial charge in [0, 0.05) is 6.20 Å². The second kappa shape index (κ2) is 3.64. The van der Waals surface area contributed by atoms with Crippen molar-refractivity contribution in [2.45, 2.75) is 0 Å². The van der Waals surface area contributed by atoms with Crippen molar-refractivity contribution >= 4 is 11.6 Å². The molecule has 0 unspecified atom stereocenters. The van der Waals surface area contributed by atoms with Crippen LogP contribution in [0.3, 0.4) is 0 Å². The number of phenolic OH excluding ortho intramolecular Hbond substituents is 1. The zero-order valence-corrected chi connectivity index (χ0v) is 7.94. The predicted octanol–water partition coefficient (Wildman–Crippen LogP) is 2.50. The van der Waals surface area contributed by atoms with E-state index < -0.39 is 0 Å². The van der Waals surface area contributed by atoms with Crippen LogP contribution in [-0.2, 0) is 0 Å². The molecule has 0 spiro atoms. The molecule has 1 aromatic heterocycles. The average molecular weight is 207 g/mol. The number of nitrogens with zero attached hydrogens (tertiary/aromatic N) is 2. The molecule has 0 atom stereocenters. The van der Waals surface area contributed by atoms with E-state index >= 15 is 0 Å². The molecule has 2 rings (SSSR count). The van der Waals surface area contributed by atoms with Gasteiger partial charge in [-0.2, -0.15) is 0 Å². The summed E-state index contributed by atoms with van der Waals surface area (Å²) in [6.07, 6.45) is 1.55. The molecule has 0 saturated heterocycles. The molecule has 2 aromatic rings. The van der Waals surface area contributed by atoms with Crippen molar-refractivity contribution in [3.63, 3.8) is 0 Å². The van der Waals surface area contributed by atoms with Crippen molar-refractivity contribution in [3.05, 3.63) is 41.7 Å². The maximum absolute atomic E-state index is 9.53. The van der Waals surface area contributed by atoms with Crippen LogP contribution in [0.2, 0.25) is 5.15 Å². The van der Waals surface area contributed by atoms with Crippen molar-refractivity contribution in [2.75, 3.05) is 0 Å². The first kappa shape index (κ1) is 8.97. The van der Waals surface area contributed by atoms with Gasteiger partial charge < -0.3 is 5.11 Å². The van der Waals surface area contributed by atoms with Gasteiger partial charge in [-0.05, 0) is 18.2 Å². The van der Waals surface area contributed by atoms with E-state index in [0.717, 1.165) is 0 Å². The maximum Gasteiger partial charge on any atom is 0.164 e. The molecule has 0 aliphatic carbocycles. The summed E-state index contributed by atoms with van der Waals surface area (Å²) in [5.74, 6) is 0.574. The smallest absolute Gasteiger partial charge is 0.164 e. The lowest BCUT2D eigenvalue weighted by Crippen LogP contribution is -1.88. The van der Waals surface area contributed by atoms with E-state index in [9.17, 15) is 5.11 Å². The Balaban J connectivity index is 2.55. The number of rotatable bonds is 1. The first-order chi connectivity index (χ1) is 6.77. The first-order valence-corrected chi connectivity index (χ1v) is 4.42. The molecule has 1 N–H and O–H groups in total. The molecule has 3 nitrogen and oxygen atoms in total. The fraction of sp³-hybridized carbons (Fsp3) is 0. The molecule has 0 radical (unpaired) electrons. The van der Waals surface area contributed by atoms with Crippen LogP contribution >= 0.6 is 11.6 Å². The highest BCUT2D eigenvalue weighted by atomic mass is 35.5. The van der Waals surface area contributed by atoms with Gasteiger partial charge in [0.1, 0.15) is 10.9 Å². The summed E-state index contributed by atoms with van der Waals surface area (Å²) in [6.45, 7) is 0. The predicted molar refractivity (Wildman–Crippen MR) is 54.1 cm³/mol. The first-order valence-electron chi connectivity index (χ1n) is 4.04. The normalized spacial score (nSPS) is 10.1. The number of aromatic nitrogens is 2. The Morgan fingerprint density at radius 3 is 2.64 bits per heavy atom. The monoisotopic (exact) mass is 206 g/mol. The molecule has 0 aliphatic heterocycles. The number of hydrogen-bond acceptors (Lipinski definition) is 3. The summed E-state index contributed by atoms with van der Waals surface area (Å²) < 4.78 is 0. The van der Waals surface area contributed by atoms with Gasteiger partial charge in [-0.1, -0.05) is 23.7 Å². The second-order valence-corrected chi connectivity index (χ2v) is 3.11. The zero-order valence-electron chi connectivity index (χ0n) is 7.18. The number of para-hydroxylation sites is 1. The molecular weight excluding hydrogens is 200 g/mol. The molecule has 4 heteroatoms. The van der Waals surface area contributed by atoms with E-state index in [0.29, 0.717) is 16.5 Å². The van der Waals surface area contributed by atoms with Gasteiger partial charge in [0.05, 0.1) is 5.56 Å². The standard InChI is InChI=1S/C10H7ClN2O/c11-9-5-6-12-10(13-9)7-3-1-2-4-8(7)14/h1-6,14H. The highest BCUT2D eigenvalue weighted by molar-refractivity contribution is 6.29. The molecule has 1 aromatic carbocycles. The van der Waals surface area contributed by atoms with Gasteiger partial charge in [-0.3, -0.25) is 0 Å². The Morgan fingerprint density at radius 2 is 1.93 bits per heavy atom. The van der Waals surface area contributed by atoms with E-state index in [4.69, 9.17) is 11.6 Å². The lowest BCUT2D eigenvalue weighted by Gasteiger charge is -2.01. The second-order valence-electron chi connectivity index (χ2n) is 2.72. The fourth-order valence-corrected chi connectivity index (χ4v) is 1.27. The number of phenols is 1. The SMILES string of the molecule is Oc1ccccc1-c1nccc(Cl)n1. The van der Waals surface area contributed by atoms with E-state index in [1.807, 2.05) is 0 Å². The summed E-state index contributed by atoms with van der Waals surface area (Å²) in [5, 5.41) is 9.89. The number of halogens is 1. The minimum atomic E-state index is 0.148. The van der Waals surface area contributed by atoms with Crippen LogP contribution < -0.4 is 0 Å². The van der Waals surface area contributed by atoms with Crippen LogP contribution in [0.5, 0.6) is 5.75 Å². The van der Waals surface area contributed by atoms with E-state index in [1.165, 1.54) is 0 Å². The molecule has 0 amide bonds. The van der Waals surface area contributed by atoms with Crippen LogP contribution in [0.25, 0.3) is 11.4 Å². The van der Waals surface area contributed by atoms with Crippen molar-refractivity contribution < 1.29 is 5.11 Å². The number of benzene rings is 1. The highest BCUT2D eigenvalue weighted by Crippen LogP contribution is 2.25. The van der Waals surface area contributed by atoms with Gasteiger partial charge in [0.2, 0.25) is 0 Å². The molecule has 1 heterocycles. The van der Waals surface area contributed by atoms with Crippen molar-refractivity contribution in [3.8, 4) is 17.1 Å². The third kappa shape index (κ3) is 1.67. The van der Waals surface area contributed by atoms with E-state index in [-0.39, 0.29) is 5.75 Å². The average Bonchev–Trinajstić information content (AvgIpc) is 2.18. The lowest BCUT2D eigenvalue weighted by molar-refractivity contribution is 0.477. The third-order valence-corrected chi connectivity index (χ3v) is 1.98. The van der Waals surface area contributed by atoms with Crippen molar-refractivity contribution in [1.82, 2.24) is 9.97 Å². The minimum Gasteiger partial charge on any atom is -0.507 e. The summed E-state index contributed by atoms with van der Waals surface area (Å²) in [7, 11) is 0. The van der Waals surface area contributed by atoms with Crippen LogP contribution in [-0.4, -0.2) is 15.1 Å². The Morgan fingerprint density at radius 1 is 1.14 bits per heavy atom. The van der Waals surface area contributed by atoms with Gasteiger partial charge in [0.15, 0.2) is 5.82 Å². The largest absolute Gasteiger partial charge is 0.507 e. The van der Waals surface area contributed by atoms with Crippen LogP contribution in [0.1, 0.15) is 0 Å². The molecule has 70 valence electrons. The number of hydrogen-bond donors (Lipinski definition) is 1. The van der Waals surface area contributed by atoms with Crippen molar-refractivity contribution in [1.29, 1.82) is 0 Å². The molecule has 0 aliphatic rings. The molecule has 0 bridgehead atoms. The van der Waals surface area contributed by atoms with E-state index in [1.54, 1.807) is 36.5 Å². The lowest BCUT2D eigenvalue weighted by atomic mass is 10.2. The van der Waals surface area contributed by atoms with Crippen LogP contribution in [0, 0.1) is 0 Å². The van der Waals surface area contributed by atoms with Gasteiger partial charge >= 0.3 is 0 Å². The Kier molecular flexibility index (Phi) is 2.33. The zero-order chi connectivity index (χ0) is 9.97. The van der Waals surface area contributed by atoms with Gasteiger partial charge in [-0.15, -0.1) is 0 Å². The Hall–Kier alpha value is -1.61. The van der Waals surface area contributed by atoms with Gasteiger partial charge in [0.25, 0.3) is 0 Å². The van der Waals surface area contributed by atoms with Gasteiger partial charge in [-0.25, -0.2) is 9.97 Å². The highest BCUT2D eigenvalue weighted by Gasteiger charge is 2.05. The van der Waals surface area contributed by atoms with E-state index in [2.05, 4.69) is 9.97 Å². The Labute approximate surface area is 86.0 Å².